The van der Waals surface area contributed by atoms with E-state index in [0.29, 0.717) is 12.3 Å². The smallest absolute Gasteiger partial charge is 0.0635 e. The monoisotopic (exact) mass is 190 g/mol. The Kier molecular flexibility index (Phi) is 6.12. The zero-order valence-electron chi connectivity index (χ0n) is 4.86. The van der Waals surface area contributed by atoms with E-state index in [4.69, 9.17) is 39.9 Å². The van der Waals surface area contributed by atoms with E-state index in [1.807, 2.05) is 0 Å². The molecule has 0 amide bonds. The zero-order valence-corrected chi connectivity index (χ0v) is 7.12. The van der Waals surface area contributed by atoms with Crippen LogP contribution < -0.4 is 0 Å². The SMILES string of the molecule is OCCC(Cl)C(Cl)CCl. The second kappa shape index (κ2) is 5.60. The second-order valence-corrected chi connectivity index (χ2v) is 3.13. The van der Waals surface area contributed by atoms with Crippen LogP contribution in [0.15, 0.2) is 0 Å². The van der Waals surface area contributed by atoms with Crippen LogP contribution in [-0.4, -0.2) is 28.3 Å². The first-order valence-electron chi connectivity index (χ1n) is 2.67. The highest BCUT2D eigenvalue weighted by molar-refractivity contribution is 6.33. The van der Waals surface area contributed by atoms with Crippen molar-refractivity contribution in [2.24, 2.45) is 0 Å². The maximum atomic E-state index is 8.39. The topological polar surface area (TPSA) is 20.2 Å². The van der Waals surface area contributed by atoms with Crippen LogP contribution in [0.1, 0.15) is 6.42 Å². The number of rotatable bonds is 4. The Bertz CT molecular complexity index is 69.2. The molecule has 2 atom stereocenters. The molecule has 0 aromatic carbocycles. The summed E-state index contributed by atoms with van der Waals surface area (Å²) in [5.41, 5.74) is 0. The largest absolute Gasteiger partial charge is 0.396 e. The highest BCUT2D eigenvalue weighted by atomic mass is 35.5. The number of aliphatic hydroxyl groups is 1. The van der Waals surface area contributed by atoms with Crippen LogP contribution in [0.4, 0.5) is 0 Å². The number of alkyl halides is 3. The van der Waals surface area contributed by atoms with Gasteiger partial charge in [-0.2, -0.15) is 0 Å². The molecule has 0 radical (unpaired) electrons. The Morgan fingerprint density at radius 3 is 2.11 bits per heavy atom. The van der Waals surface area contributed by atoms with E-state index in [9.17, 15) is 0 Å². The van der Waals surface area contributed by atoms with Gasteiger partial charge >= 0.3 is 0 Å². The highest BCUT2D eigenvalue weighted by Gasteiger charge is 2.13. The van der Waals surface area contributed by atoms with E-state index in [1.165, 1.54) is 0 Å². The maximum absolute atomic E-state index is 8.39. The van der Waals surface area contributed by atoms with Gasteiger partial charge in [0.25, 0.3) is 0 Å². The van der Waals surface area contributed by atoms with Crippen molar-refractivity contribution in [2.75, 3.05) is 12.5 Å². The quantitative estimate of drug-likeness (QED) is 0.672. The van der Waals surface area contributed by atoms with Gasteiger partial charge in [0.2, 0.25) is 0 Å². The van der Waals surface area contributed by atoms with Crippen molar-refractivity contribution in [1.29, 1.82) is 0 Å². The van der Waals surface area contributed by atoms with Gasteiger partial charge in [0.05, 0.1) is 10.8 Å². The summed E-state index contributed by atoms with van der Waals surface area (Å²) in [5, 5.41) is 7.95. The van der Waals surface area contributed by atoms with Gasteiger partial charge < -0.3 is 5.11 Å². The molecule has 1 N–H and O–H groups in total. The molecule has 0 aliphatic rings. The molecule has 2 unspecified atom stereocenters. The molecular weight excluding hydrogens is 182 g/mol. The lowest BCUT2D eigenvalue weighted by Crippen LogP contribution is -2.17. The Balaban J connectivity index is 3.32. The summed E-state index contributed by atoms with van der Waals surface area (Å²) >= 11 is 16.7. The summed E-state index contributed by atoms with van der Waals surface area (Å²) in [6.45, 7) is 0.0638. The summed E-state index contributed by atoms with van der Waals surface area (Å²) in [5.74, 6) is 0.329. The first kappa shape index (κ1) is 9.83. The average Bonchev–Trinajstić information content (AvgIpc) is 1.87. The summed E-state index contributed by atoms with van der Waals surface area (Å²) in [6, 6.07) is 0. The van der Waals surface area contributed by atoms with Crippen molar-refractivity contribution in [3.63, 3.8) is 0 Å². The van der Waals surface area contributed by atoms with Crippen LogP contribution in [0.25, 0.3) is 0 Å². The zero-order chi connectivity index (χ0) is 7.28. The molecule has 0 aliphatic heterocycles. The van der Waals surface area contributed by atoms with Gasteiger partial charge in [0.15, 0.2) is 0 Å². The van der Waals surface area contributed by atoms with E-state index in [1.54, 1.807) is 0 Å². The molecule has 0 spiro atoms. The third kappa shape index (κ3) is 4.26. The number of hydrogen-bond donors (Lipinski definition) is 1. The fraction of sp³-hybridized carbons (Fsp3) is 1.00. The molecular formula is C5H9Cl3O. The molecule has 4 heteroatoms. The summed E-state index contributed by atoms with van der Waals surface area (Å²) in [7, 11) is 0. The van der Waals surface area contributed by atoms with Gasteiger partial charge in [-0.25, -0.2) is 0 Å². The Hall–Kier alpha value is 0.830. The van der Waals surface area contributed by atoms with Crippen molar-refractivity contribution in [3.8, 4) is 0 Å². The van der Waals surface area contributed by atoms with Gasteiger partial charge in [0, 0.05) is 12.5 Å². The molecule has 56 valence electrons. The average molecular weight is 191 g/mol. The lowest BCUT2D eigenvalue weighted by Gasteiger charge is -2.10. The van der Waals surface area contributed by atoms with E-state index in [0.717, 1.165) is 0 Å². The molecule has 0 aromatic heterocycles. The van der Waals surface area contributed by atoms with Crippen LogP contribution >= 0.6 is 34.8 Å². The lowest BCUT2D eigenvalue weighted by molar-refractivity contribution is 0.286. The van der Waals surface area contributed by atoms with Crippen molar-refractivity contribution >= 4 is 34.8 Å². The molecule has 0 aromatic rings. The van der Waals surface area contributed by atoms with Crippen LogP contribution in [0.3, 0.4) is 0 Å². The first-order valence-corrected chi connectivity index (χ1v) is 4.08. The number of halogens is 3. The van der Waals surface area contributed by atoms with Crippen molar-refractivity contribution in [3.05, 3.63) is 0 Å². The first-order chi connectivity index (χ1) is 4.22. The maximum Gasteiger partial charge on any atom is 0.0635 e. The highest BCUT2D eigenvalue weighted by Crippen LogP contribution is 2.14. The molecule has 0 fully saturated rings. The summed E-state index contributed by atoms with van der Waals surface area (Å²) in [4.78, 5) is 0. The summed E-state index contributed by atoms with van der Waals surface area (Å²) in [6.07, 6.45) is 0.502. The molecule has 0 heterocycles. The fourth-order valence-corrected chi connectivity index (χ4v) is 1.02. The second-order valence-electron chi connectivity index (χ2n) is 1.70. The molecule has 0 bridgehead atoms. The van der Waals surface area contributed by atoms with Gasteiger partial charge in [-0.3, -0.25) is 0 Å². The van der Waals surface area contributed by atoms with Crippen molar-refractivity contribution in [2.45, 2.75) is 17.2 Å². The summed E-state index contributed by atoms with van der Waals surface area (Å²) < 4.78 is 0. The van der Waals surface area contributed by atoms with E-state index in [-0.39, 0.29) is 17.4 Å². The molecule has 0 saturated carbocycles. The molecule has 0 saturated heterocycles. The lowest BCUT2D eigenvalue weighted by atomic mass is 10.2. The Labute approximate surface area is 69.9 Å². The van der Waals surface area contributed by atoms with Crippen molar-refractivity contribution in [1.82, 2.24) is 0 Å². The fourth-order valence-electron chi connectivity index (χ4n) is 0.401. The standard InChI is InChI=1S/C5H9Cl3O/c6-3-5(8)4(7)1-2-9/h4-5,9H,1-3H2. The molecule has 0 aliphatic carbocycles. The van der Waals surface area contributed by atoms with Crippen LogP contribution in [0.5, 0.6) is 0 Å². The third-order valence-corrected chi connectivity index (χ3v) is 2.55. The molecule has 0 rings (SSSR count). The van der Waals surface area contributed by atoms with E-state index >= 15 is 0 Å². The van der Waals surface area contributed by atoms with Gasteiger partial charge in [-0.05, 0) is 6.42 Å². The molecule has 1 nitrogen and oxygen atoms in total. The number of aliphatic hydroxyl groups excluding tert-OH is 1. The normalized spacial score (nSPS) is 17.3. The van der Waals surface area contributed by atoms with Crippen LogP contribution in [0.2, 0.25) is 0 Å². The Morgan fingerprint density at radius 1 is 1.22 bits per heavy atom. The predicted octanol–water partition coefficient (Wildman–Crippen LogP) is 1.82. The minimum absolute atomic E-state index is 0.0638. The minimum atomic E-state index is -0.236. The minimum Gasteiger partial charge on any atom is -0.396 e. The molecule has 9 heavy (non-hydrogen) atoms. The van der Waals surface area contributed by atoms with E-state index < -0.39 is 0 Å². The third-order valence-electron chi connectivity index (χ3n) is 0.945. The predicted molar refractivity (Wildman–Crippen MR) is 41.7 cm³/mol. The van der Waals surface area contributed by atoms with Crippen molar-refractivity contribution < 1.29 is 5.11 Å². The van der Waals surface area contributed by atoms with Gasteiger partial charge in [-0.1, -0.05) is 0 Å². The van der Waals surface area contributed by atoms with E-state index in [2.05, 4.69) is 0 Å². The van der Waals surface area contributed by atoms with Gasteiger partial charge in [-0.15, -0.1) is 34.8 Å². The van der Waals surface area contributed by atoms with Gasteiger partial charge in [0.1, 0.15) is 0 Å². The van der Waals surface area contributed by atoms with Crippen LogP contribution in [-0.2, 0) is 0 Å². The van der Waals surface area contributed by atoms with Crippen LogP contribution in [0, 0.1) is 0 Å². The number of hydrogen-bond acceptors (Lipinski definition) is 1. The Morgan fingerprint density at radius 2 is 1.78 bits per heavy atom.